The summed E-state index contributed by atoms with van der Waals surface area (Å²) in [6.45, 7) is 6.86. The van der Waals surface area contributed by atoms with Crippen LogP contribution in [0.2, 0.25) is 0 Å². The van der Waals surface area contributed by atoms with Crippen LogP contribution in [0.25, 0.3) is 5.57 Å². The molecule has 0 radical (unpaired) electrons. The number of unbranched alkanes of at least 4 members (excludes halogenated alkanes) is 2. The molecule has 1 atom stereocenters. The fraction of sp³-hybridized carbons (Fsp3) is 0.432. The maximum Gasteiger partial charge on any atom is 0.303 e. The Bertz CT molecular complexity index is 1840. The van der Waals surface area contributed by atoms with E-state index >= 15 is 0 Å². The second-order valence-corrected chi connectivity index (χ2v) is 16.5. The number of benzene rings is 2. The zero-order valence-electron chi connectivity index (χ0n) is 27.9. The lowest BCUT2D eigenvalue weighted by atomic mass is 9.77. The normalized spacial score (nSPS) is 19.9. The van der Waals surface area contributed by atoms with Gasteiger partial charge in [-0.1, -0.05) is 93.5 Å². The fourth-order valence-electron chi connectivity index (χ4n) is 7.19. The number of para-hydroxylation sites is 1. The molecule has 1 aliphatic heterocycles. The zero-order valence-corrected chi connectivity index (χ0v) is 29.6. The Labute approximate surface area is 285 Å². The highest BCUT2D eigenvalue weighted by atomic mass is 32.2. The predicted octanol–water partition coefficient (Wildman–Crippen LogP) is 7.49. The third-order valence-electron chi connectivity index (χ3n) is 9.49. The Hall–Kier alpha value is -3.51. The van der Waals surface area contributed by atoms with Crippen molar-refractivity contribution in [3.05, 3.63) is 107 Å². The second kappa shape index (κ2) is 15.4. The monoisotopic (exact) mass is 697 g/mol. The van der Waals surface area contributed by atoms with Crippen molar-refractivity contribution in [3.8, 4) is 0 Å². The molecule has 0 saturated carbocycles. The Morgan fingerprint density at radius 3 is 2.12 bits per heavy atom. The van der Waals surface area contributed by atoms with Gasteiger partial charge in [0.05, 0.1) is 11.5 Å². The summed E-state index contributed by atoms with van der Waals surface area (Å²) >= 11 is 0. The number of allylic oxidation sites excluding steroid dienone is 8. The van der Waals surface area contributed by atoms with Gasteiger partial charge < -0.3 is 10.0 Å². The van der Waals surface area contributed by atoms with Crippen molar-refractivity contribution in [2.24, 2.45) is 0 Å². The maximum absolute atomic E-state index is 11.5. The van der Waals surface area contributed by atoms with Crippen LogP contribution in [0.5, 0.6) is 0 Å². The minimum absolute atomic E-state index is 0.132. The molecule has 2 aliphatic rings. The Morgan fingerprint density at radius 1 is 0.792 bits per heavy atom. The molecule has 1 aliphatic carbocycles. The van der Waals surface area contributed by atoms with Gasteiger partial charge in [-0.05, 0) is 79.0 Å². The summed E-state index contributed by atoms with van der Waals surface area (Å²) in [6.07, 6.45) is 14.2. The van der Waals surface area contributed by atoms with Gasteiger partial charge in [-0.2, -0.15) is 16.8 Å². The van der Waals surface area contributed by atoms with Crippen LogP contribution in [-0.4, -0.2) is 55.1 Å². The van der Waals surface area contributed by atoms with Gasteiger partial charge in [0.1, 0.15) is 0 Å². The molecule has 0 spiro atoms. The molecular formula is C37H47NO8S2. The third-order valence-corrected chi connectivity index (χ3v) is 11.1. The summed E-state index contributed by atoms with van der Waals surface area (Å²) in [7, 11) is -8.17. The molecule has 4 rings (SSSR count). The van der Waals surface area contributed by atoms with Crippen molar-refractivity contribution in [3.63, 3.8) is 0 Å². The summed E-state index contributed by atoms with van der Waals surface area (Å²) in [4.78, 5) is 13.2. The van der Waals surface area contributed by atoms with Gasteiger partial charge in [0.2, 0.25) is 0 Å². The van der Waals surface area contributed by atoms with Gasteiger partial charge >= 0.3 is 5.97 Å². The van der Waals surface area contributed by atoms with E-state index in [-0.39, 0.29) is 29.8 Å². The van der Waals surface area contributed by atoms with Crippen LogP contribution < -0.4 is 4.90 Å². The highest BCUT2D eigenvalue weighted by Crippen LogP contribution is 2.51. The molecule has 0 bridgehead atoms. The molecule has 0 fully saturated rings. The summed E-state index contributed by atoms with van der Waals surface area (Å²) in [5, 5.41) is 9.06. The third kappa shape index (κ3) is 9.13. The molecule has 1 unspecified atom stereocenters. The zero-order chi connectivity index (χ0) is 35.2. The van der Waals surface area contributed by atoms with Crippen molar-refractivity contribution in [2.45, 2.75) is 83.0 Å². The first-order valence-electron chi connectivity index (χ1n) is 16.4. The van der Waals surface area contributed by atoms with Crippen LogP contribution in [0.4, 0.5) is 5.69 Å². The SMILES string of the molecule is CC1(C)C(/C=C/C=C/C=C2\N(CCCS(=O)(=O)O)c3ccccc3C2(C)CCCCCC(=O)O)=C(CCCS(=O)(=O)O)c2ccccc21. The van der Waals surface area contributed by atoms with Gasteiger partial charge in [0, 0.05) is 35.2 Å². The smallest absolute Gasteiger partial charge is 0.303 e. The summed E-state index contributed by atoms with van der Waals surface area (Å²) < 4.78 is 64.6. The average molecular weight is 698 g/mol. The number of rotatable bonds is 17. The Balaban J connectivity index is 1.64. The number of fused-ring (bicyclic) bond motifs is 2. The molecule has 1 heterocycles. The number of carboxylic acids is 1. The number of carbonyl (C=O) groups is 1. The molecule has 0 aromatic heterocycles. The number of anilines is 1. The minimum Gasteiger partial charge on any atom is -0.481 e. The fourth-order valence-corrected chi connectivity index (χ4v) is 8.19. The molecule has 0 amide bonds. The standard InChI is InChI=1S/C37H47NO8S2/c1-36(2)30(29(17-14-26-47(41,42)43)28-16-9-10-19-31(28)36)18-6-4-7-22-34-37(3,24-13-5-8-23-35(39)40)32-20-11-12-21-33(32)38(34)25-15-27-48(44,45)46/h4,6-7,9-12,16,18-22H,5,8,13-15,17,23-27H2,1-3H3,(H,39,40)(H,41,42,43)(H,44,45,46)/b7-4+,18-6+,34-22-. The van der Waals surface area contributed by atoms with Crippen LogP contribution in [0, 0.1) is 0 Å². The summed E-state index contributed by atoms with van der Waals surface area (Å²) in [5.74, 6) is -1.45. The highest BCUT2D eigenvalue weighted by Gasteiger charge is 2.42. The lowest BCUT2D eigenvalue weighted by molar-refractivity contribution is -0.137. The Kier molecular flexibility index (Phi) is 11.9. The highest BCUT2D eigenvalue weighted by molar-refractivity contribution is 7.86. The van der Waals surface area contributed by atoms with Gasteiger partial charge in [0.25, 0.3) is 20.2 Å². The van der Waals surface area contributed by atoms with Gasteiger partial charge in [-0.3, -0.25) is 13.9 Å². The summed E-state index contributed by atoms with van der Waals surface area (Å²) in [5.41, 5.74) is 6.81. The predicted molar refractivity (Wildman–Crippen MR) is 191 cm³/mol. The molecule has 2 aromatic carbocycles. The number of carboxylic acid groups (broad SMARTS) is 1. The van der Waals surface area contributed by atoms with Crippen LogP contribution in [0.1, 0.15) is 88.8 Å². The number of nitrogens with zero attached hydrogens (tertiary/aromatic N) is 1. The summed E-state index contributed by atoms with van der Waals surface area (Å²) in [6, 6.07) is 16.2. The van der Waals surface area contributed by atoms with Crippen LogP contribution >= 0.6 is 0 Å². The first kappa shape index (κ1) is 37.3. The van der Waals surface area contributed by atoms with Crippen LogP contribution in [0.15, 0.2) is 90.2 Å². The van der Waals surface area contributed by atoms with Crippen molar-refractivity contribution in [1.82, 2.24) is 0 Å². The van der Waals surface area contributed by atoms with E-state index < -0.39 is 31.6 Å². The number of hydrogen-bond acceptors (Lipinski definition) is 6. The molecule has 48 heavy (non-hydrogen) atoms. The quantitative estimate of drug-likeness (QED) is 0.0868. The topological polar surface area (TPSA) is 149 Å². The van der Waals surface area contributed by atoms with E-state index in [1.54, 1.807) is 0 Å². The van der Waals surface area contributed by atoms with E-state index in [2.05, 4.69) is 49.9 Å². The first-order chi connectivity index (χ1) is 22.5. The lowest BCUT2D eigenvalue weighted by Gasteiger charge is -2.30. The van der Waals surface area contributed by atoms with E-state index in [4.69, 9.17) is 5.11 Å². The van der Waals surface area contributed by atoms with Crippen molar-refractivity contribution >= 4 is 37.5 Å². The van der Waals surface area contributed by atoms with Crippen molar-refractivity contribution in [2.75, 3.05) is 23.0 Å². The van der Waals surface area contributed by atoms with Crippen molar-refractivity contribution in [1.29, 1.82) is 0 Å². The van der Waals surface area contributed by atoms with Crippen molar-refractivity contribution < 1.29 is 35.8 Å². The van der Waals surface area contributed by atoms with E-state index in [0.29, 0.717) is 25.8 Å². The average Bonchev–Trinajstić information content (AvgIpc) is 3.35. The first-order valence-corrected chi connectivity index (χ1v) is 19.6. The molecule has 11 heteroatoms. The lowest BCUT2D eigenvalue weighted by Crippen LogP contribution is -2.30. The molecular weight excluding hydrogens is 651 g/mol. The Morgan fingerprint density at radius 2 is 1.44 bits per heavy atom. The number of aliphatic carboxylic acids is 1. The largest absolute Gasteiger partial charge is 0.481 e. The molecule has 3 N–H and O–H groups in total. The van der Waals surface area contributed by atoms with Gasteiger partial charge in [-0.25, -0.2) is 0 Å². The molecule has 260 valence electrons. The van der Waals surface area contributed by atoms with Gasteiger partial charge in [-0.15, -0.1) is 0 Å². The molecule has 0 saturated heterocycles. The van der Waals surface area contributed by atoms with E-state index in [0.717, 1.165) is 52.9 Å². The van der Waals surface area contributed by atoms with E-state index in [1.165, 1.54) is 5.56 Å². The number of hydrogen-bond donors (Lipinski definition) is 3. The van der Waals surface area contributed by atoms with E-state index in [1.807, 2.05) is 54.6 Å². The molecule has 9 nitrogen and oxygen atoms in total. The van der Waals surface area contributed by atoms with Crippen LogP contribution in [0.3, 0.4) is 0 Å². The minimum atomic E-state index is -4.11. The van der Waals surface area contributed by atoms with E-state index in [9.17, 15) is 30.7 Å². The van der Waals surface area contributed by atoms with Gasteiger partial charge in [0.15, 0.2) is 0 Å². The van der Waals surface area contributed by atoms with Crippen LogP contribution in [-0.2, 0) is 35.9 Å². The maximum atomic E-state index is 11.5. The molecule has 2 aromatic rings. The second-order valence-electron chi connectivity index (χ2n) is 13.3.